The van der Waals surface area contributed by atoms with Crippen LogP contribution in [0.15, 0.2) is 76.0 Å². The van der Waals surface area contributed by atoms with Crippen LogP contribution in [0, 0.1) is 12.7 Å². The molecule has 8 heteroatoms. The Labute approximate surface area is 188 Å². The highest BCUT2D eigenvalue weighted by molar-refractivity contribution is 7.89. The van der Waals surface area contributed by atoms with Crippen LogP contribution in [0.25, 0.3) is 0 Å². The van der Waals surface area contributed by atoms with E-state index >= 15 is 0 Å². The third-order valence-corrected chi connectivity index (χ3v) is 7.04. The second kappa shape index (κ2) is 10.1. The number of hydrogen-bond donors (Lipinski definition) is 0. The van der Waals surface area contributed by atoms with Crippen molar-refractivity contribution < 1.29 is 22.0 Å². The topological polar surface area (TPSA) is 70.8 Å². The van der Waals surface area contributed by atoms with E-state index in [9.17, 15) is 17.6 Å². The van der Waals surface area contributed by atoms with E-state index in [0.717, 1.165) is 27.8 Å². The summed E-state index contributed by atoms with van der Waals surface area (Å²) < 4.78 is 46.4. The van der Waals surface area contributed by atoms with Gasteiger partial charge in [0.2, 0.25) is 15.9 Å². The number of carbonyl (C=O) groups is 1. The number of carbonyl (C=O) groups excluding carboxylic acids is 1. The molecule has 0 fully saturated rings. The molecule has 32 heavy (non-hydrogen) atoms. The van der Waals surface area contributed by atoms with Crippen molar-refractivity contribution in [2.45, 2.75) is 44.8 Å². The van der Waals surface area contributed by atoms with Gasteiger partial charge in [-0.1, -0.05) is 30.3 Å². The van der Waals surface area contributed by atoms with E-state index in [2.05, 4.69) is 0 Å². The Bertz CT molecular complexity index is 1140. The molecule has 1 aromatic heterocycles. The minimum atomic E-state index is -3.99. The van der Waals surface area contributed by atoms with E-state index in [0.29, 0.717) is 12.3 Å². The van der Waals surface area contributed by atoms with Gasteiger partial charge in [-0.3, -0.25) is 4.79 Å². The van der Waals surface area contributed by atoms with Crippen molar-refractivity contribution in [1.29, 1.82) is 0 Å². The highest BCUT2D eigenvalue weighted by atomic mass is 32.2. The molecule has 0 saturated heterocycles. The lowest BCUT2D eigenvalue weighted by Gasteiger charge is -2.29. The Balaban J connectivity index is 1.86. The molecule has 0 bridgehead atoms. The second-order valence-corrected chi connectivity index (χ2v) is 9.74. The van der Waals surface area contributed by atoms with Crippen molar-refractivity contribution in [3.8, 4) is 0 Å². The smallest absolute Gasteiger partial charge is 0.243 e. The minimum absolute atomic E-state index is 0.0586. The lowest BCUT2D eigenvalue weighted by atomic mass is 10.2. The molecule has 0 saturated carbocycles. The summed E-state index contributed by atoms with van der Waals surface area (Å²) in [5.41, 5.74) is 0.918. The Morgan fingerprint density at radius 3 is 2.19 bits per heavy atom. The first-order chi connectivity index (χ1) is 15.2. The molecule has 0 aliphatic heterocycles. The molecule has 170 valence electrons. The summed E-state index contributed by atoms with van der Waals surface area (Å²) in [6.07, 6.45) is 0. The van der Waals surface area contributed by atoms with Crippen LogP contribution < -0.4 is 0 Å². The first-order valence-corrected chi connectivity index (χ1v) is 11.8. The van der Waals surface area contributed by atoms with Gasteiger partial charge in [0.25, 0.3) is 0 Å². The fourth-order valence-electron chi connectivity index (χ4n) is 3.31. The predicted molar refractivity (Wildman–Crippen MR) is 120 cm³/mol. The van der Waals surface area contributed by atoms with Crippen LogP contribution in [0.3, 0.4) is 0 Å². The van der Waals surface area contributed by atoms with Gasteiger partial charge in [0.05, 0.1) is 18.0 Å². The molecule has 2 aromatic carbocycles. The number of amides is 1. The first-order valence-electron chi connectivity index (χ1n) is 10.3. The maximum absolute atomic E-state index is 13.3. The Morgan fingerprint density at radius 1 is 0.969 bits per heavy atom. The Kier molecular flexibility index (Phi) is 7.48. The van der Waals surface area contributed by atoms with Crippen LogP contribution in [0.4, 0.5) is 4.39 Å². The zero-order chi connectivity index (χ0) is 23.3. The van der Waals surface area contributed by atoms with Crippen molar-refractivity contribution in [2.24, 2.45) is 0 Å². The highest BCUT2D eigenvalue weighted by Crippen LogP contribution is 2.20. The van der Waals surface area contributed by atoms with Gasteiger partial charge in [0.15, 0.2) is 0 Å². The maximum atomic E-state index is 13.3. The molecule has 0 spiro atoms. The number of rotatable bonds is 9. The first kappa shape index (κ1) is 23.7. The third kappa shape index (κ3) is 5.83. The number of halogens is 1. The average Bonchev–Trinajstić information content (AvgIpc) is 3.16. The van der Waals surface area contributed by atoms with Gasteiger partial charge in [-0.05, 0) is 62.7 Å². The van der Waals surface area contributed by atoms with Crippen molar-refractivity contribution in [3.05, 3.63) is 89.6 Å². The number of hydrogen-bond acceptors (Lipinski definition) is 4. The van der Waals surface area contributed by atoms with Crippen molar-refractivity contribution >= 4 is 15.9 Å². The number of furan rings is 1. The molecular formula is C24H27FN2O4S. The summed E-state index contributed by atoms with van der Waals surface area (Å²) in [7, 11) is -3.99. The summed E-state index contributed by atoms with van der Waals surface area (Å²) in [6, 6.07) is 17.2. The van der Waals surface area contributed by atoms with Crippen LogP contribution in [0.1, 0.15) is 30.9 Å². The van der Waals surface area contributed by atoms with E-state index in [1.807, 2.05) is 43.3 Å². The van der Waals surface area contributed by atoms with E-state index in [1.54, 1.807) is 24.8 Å². The van der Waals surface area contributed by atoms with Crippen LogP contribution in [-0.2, 0) is 27.9 Å². The van der Waals surface area contributed by atoms with Gasteiger partial charge < -0.3 is 9.32 Å². The molecule has 6 nitrogen and oxygen atoms in total. The van der Waals surface area contributed by atoms with Crippen molar-refractivity contribution in [3.63, 3.8) is 0 Å². The van der Waals surface area contributed by atoms with Crippen LogP contribution in [0.5, 0.6) is 0 Å². The zero-order valence-corrected chi connectivity index (χ0v) is 19.2. The molecule has 0 aliphatic carbocycles. The highest BCUT2D eigenvalue weighted by Gasteiger charge is 2.31. The van der Waals surface area contributed by atoms with Crippen LogP contribution >= 0.6 is 0 Å². The monoisotopic (exact) mass is 458 g/mol. The van der Waals surface area contributed by atoms with Gasteiger partial charge in [-0.15, -0.1) is 0 Å². The van der Waals surface area contributed by atoms with Crippen molar-refractivity contribution in [1.82, 2.24) is 9.21 Å². The summed E-state index contributed by atoms with van der Waals surface area (Å²) >= 11 is 0. The van der Waals surface area contributed by atoms with Gasteiger partial charge >= 0.3 is 0 Å². The largest absolute Gasteiger partial charge is 0.464 e. The fourth-order valence-corrected chi connectivity index (χ4v) is 4.90. The van der Waals surface area contributed by atoms with Gasteiger partial charge in [0, 0.05) is 12.6 Å². The van der Waals surface area contributed by atoms with E-state index in [4.69, 9.17) is 4.42 Å². The summed E-state index contributed by atoms with van der Waals surface area (Å²) in [5.74, 6) is 0.459. The summed E-state index contributed by atoms with van der Waals surface area (Å²) in [5, 5.41) is 0. The molecule has 0 N–H and O–H groups in total. The van der Waals surface area contributed by atoms with E-state index in [1.165, 1.54) is 12.1 Å². The lowest BCUT2D eigenvalue weighted by Crippen LogP contribution is -2.45. The molecule has 0 atom stereocenters. The number of nitrogens with zero attached hydrogens (tertiary/aromatic N) is 2. The van der Waals surface area contributed by atoms with Crippen molar-refractivity contribution in [2.75, 3.05) is 6.54 Å². The summed E-state index contributed by atoms with van der Waals surface area (Å²) in [4.78, 5) is 14.8. The molecule has 3 rings (SSSR count). The van der Waals surface area contributed by atoms with Crippen LogP contribution in [0.2, 0.25) is 0 Å². The molecule has 1 heterocycles. The molecule has 0 unspecified atom stereocenters. The van der Waals surface area contributed by atoms with Gasteiger partial charge in [-0.2, -0.15) is 4.31 Å². The lowest BCUT2D eigenvalue weighted by molar-refractivity contribution is -0.133. The summed E-state index contributed by atoms with van der Waals surface area (Å²) in [6.45, 7) is 5.40. The van der Waals surface area contributed by atoms with Crippen LogP contribution in [-0.4, -0.2) is 36.1 Å². The molecule has 0 aliphatic rings. The predicted octanol–water partition coefficient (Wildman–Crippen LogP) is 4.36. The van der Waals surface area contributed by atoms with E-state index < -0.39 is 21.9 Å². The van der Waals surface area contributed by atoms with Gasteiger partial charge in [-0.25, -0.2) is 12.8 Å². The third-order valence-electron chi connectivity index (χ3n) is 5.00. The fraction of sp³-hybridized carbons (Fsp3) is 0.292. The number of aryl methyl sites for hydroxylation is 1. The number of benzene rings is 2. The molecule has 3 aromatic rings. The average molecular weight is 459 g/mol. The number of sulfonamides is 1. The normalized spacial score (nSPS) is 11.8. The second-order valence-electron chi connectivity index (χ2n) is 7.85. The van der Waals surface area contributed by atoms with Gasteiger partial charge in [0.1, 0.15) is 17.3 Å². The Morgan fingerprint density at radius 2 is 1.62 bits per heavy atom. The zero-order valence-electron chi connectivity index (χ0n) is 18.4. The molecule has 1 amide bonds. The Hall–Kier alpha value is -2.97. The molecular weight excluding hydrogens is 431 g/mol. The van der Waals surface area contributed by atoms with E-state index in [-0.39, 0.29) is 23.9 Å². The maximum Gasteiger partial charge on any atom is 0.243 e. The molecule has 0 radical (unpaired) electrons. The standard InChI is InChI=1S/C24H27FN2O4S/c1-18(2)27(32(29,30)23-13-10-21(25)11-14-23)17-24(28)26(15-20-7-5-4-6-8-20)16-22-12-9-19(3)31-22/h4-14,18H,15-17H2,1-3H3. The quantitative estimate of drug-likeness (QED) is 0.478. The minimum Gasteiger partial charge on any atom is -0.464 e. The SMILES string of the molecule is Cc1ccc(CN(Cc2ccccc2)C(=O)CN(C(C)C)S(=O)(=O)c2ccc(F)cc2)o1.